The second-order valence-corrected chi connectivity index (χ2v) is 7.96. The minimum atomic E-state index is 0.0652. The van der Waals surface area contributed by atoms with Crippen molar-refractivity contribution in [3.05, 3.63) is 71.0 Å². The molecule has 0 fully saturated rings. The van der Waals surface area contributed by atoms with E-state index in [0.717, 1.165) is 47.2 Å². The third-order valence-electron chi connectivity index (χ3n) is 5.61. The van der Waals surface area contributed by atoms with Gasteiger partial charge in [0.1, 0.15) is 5.69 Å². The zero-order chi connectivity index (χ0) is 20.7. The molecule has 1 aliphatic rings. The number of aromatic nitrogens is 5. The van der Waals surface area contributed by atoms with Crippen LogP contribution in [-0.4, -0.2) is 49.5 Å². The van der Waals surface area contributed by atoms with Crippen LogP contribution in [0, 0.1) is 0 Å². The normalized spacial score (nSPS) is 14.1. The van der Waals surface area contributed by atoms with Gasteiger partial charge in [-0.05, 0) is 48.9 Å². The molecule has 7 nitrogen and oxygen atoms in total. The lowest BCUT2D eigenvalue weighted by molar-refractivity contribution is 0.0991. The molecule has 0 amide bonds. The van der Waals surface area contributed by atoms with Crippen LogP contribution in [0.2, 0.25) is 0 Å². The molecule has 150 valence electrons. The maximum absolute atomic E-state index is 12.9. The summed E-state index contributed by atoms with van der Waals surface area (Å²) in [5, 5.41) is 17.7. The molecule has 0 radical (unpaired) electrons. The summed E-state index contributed by atoms with van der Waals surface area (Å²) in [6.07, 6.45) is 3.08. The lowest BCUT2D eigenvalue weighted by Gasteiger charge is -2.25. The molecular weight excluding hydrogens is 376 g/mol. The molecule has 0 spiro atoms. The SMILES string of the molecule is CN1CCc2cc(C(=O)Cc3cc4cc(-c5cn(C)nn5)ccc4nn3)ccc2C1. The molecule has 5 rings (SSSR count). The number of carbonyl (C=O) groups is 1. The Balaban J connectivity index is 1.40. The summed E-state index contributed by atoms with van der Waals surface area (Å²) >= 11 is 0. The number of fused-ring (bicyclic) bond motifs is 2. The van der Waals surface area contributed by atoms with E-state index in [1.165, 1.54) is 11.1 Å². The quantitative estimate of drug-likeness (QED) is 0.492. The van der Waals surface area contributed by atoms with Gasteiger partial charge in [-0.2, -0.15) is 10.2 Å². The van der Waals surface area contributed by atoms with Gasteiger partial charge in [0, 0.05) is 36.7 Å². The zero-order valence-electron chi connectivity index (χ0n) is 17.0. The molecule has 1 aliphatic heterocycles. The van der Waals surface area contributed by atoms with Crippen LogP contribution < -0.4 is 0 Å². The fourth-order valence-electron chi connectivity index (χ4n) is 3.95. The van der Waals surface area contributed by atoms with E-state index in [4.69, 9.17) is 0 Å². The molecule has 2 aromatic carbocycles. The van der Waals surface area contributed by atoms with E-state index in [9.17, 15) is 4.79 Å². The van der Waals surface area contributed by atoms with E-state index in [-0.39, 0.29) is 12.2 Å². The van der Waals surface area contributed by atoms with E-state index in [0.29, 0.717) is 5.69 Å². The third kappa shape index (κ3) is 3.59. The Labute approximate surface area is 174 Å². The van der Waals surface area contributed by atoms with Gasteiger partial charge >= 0.3 is 0 Å². The Morgan fingerprint density at radius 3 is 2.73 bits per heavy atom. The number of benzene rings is 2. The summed E-state index contributed by atoms with van der Waals surface area (Å²) < 4.78 is 1.67. The maximum Gasteiger partial charge on any atom is 0.168 e. The second kappa shape index (κ2) is 7.42. The third-order valence-corrected chi connectivity index (χ3v) is 5.61. The lowest BCUT2D eigenvalue weighted by Crippen LogP contribution is -2.26. The van der Waals surface area contributed by atoms with E-state index in [1.807, 2.05) is 49.6 Å². The number of rotatable bonds is 4. The van der Waals surface area contributed by atoms with Gasteiger partial charge in [-0.15, -0.1) is 5.10 Å². The van der Waals surface area contributed by atoms with Crippen LogP contribution in [0.15, 0.2) is 48.7 Å². The fourth-order valence-corrected chi connectivity index (χ4v) is 3.95. The second-order valence-electron chi connectivity index (χ2n) is 7.96. The van der Waals surface area contributed by atoms with E-state index in [2.05, 4.69) is 38.5 Å². The van der Waals surface area contributed by atoms with E-state index in [1.54, 1.807) is 4.68 Å². The summed E-state index contributed by atoms with van der Waals surface area (Å²) in [5.74, 6) is 0.0652. The summed E-state index contributed by atoms with van der Waals surface area (Å²) in [6.45, 7) is 1.96. The molecule has 2 aromatic heterocycles. The van der Waals surface area contributed by atoms with Crippen molar-refractivity contribution in [1.29, 1.82) is 0 Å². The molecule has 0 N–H and O–H groups in total. The van der Waals surface area contributed by atoms with Gasteiger partial charge in [0.05, 0.1) is 23.8 Å². The number of ketones is 1. The lowest BCUT2D eigenvalue weighted by atomic mass is 9.95. The minimum absolute atomic E-state index is 0.0652. The van der Waals surface area contributed by atoms with Crippen molar-refractivity contribution in [3.63, 3.8) is 0 Å². The molecular formula is C23H22N6O. The predicted octanol–water partition coefficient (Wildman–Crippen LogP) is 2.84. The van der Waals surface area contributed by atoms with Gasteiger partial charge in [0.15, 0.2) is 5.78 Å². The molecule has 0 atom stereocenters. The highest BCUT2D eigenvalue weighted by atomic mass is 16.1. The Morgan fingerprint density at radius 2 is 1.90 bits per heavy atom. The number of hydrogen-bond donors (Lipinski definition) is 0. The summed E-state index contributed by atoms with van der Waals surface area (Å²) in [6, 6.07) is 13.9. The molecule has 0 saturated heterocycles. The summed E-state index contributed by atoms with van der Waals surface area (Å²) in [5.41, 5.74) is 6.54. The molecule has 7 heteroatoms. The zero-order valence-corrected chi connectivity index (χ0v) is 17.0. The fraction of sp³-hybridized carbons (Fsp3) is 0.261. The van der Waals surface area contributed by atoms with Crippen LogP contribution in [0.3, 0.4) is 0 Å². The highest BCUT2D eigenvalue weighted by molar-refractivity contribution is 5.98. The summed E-state index contributed by atoms with van der Waals surface area (Å²) in [4.78, 5) is 15.2. The standard InChI is InChI=1S/C23H22N6O/c1-28-8-7-15-9-17(3-4-18(15)13-28)23(30)12-20-11-19-10-16(5-6-21(19)25-24-20)22-14-29(2)27-26-22/h3-6,9-11,14H,7-8,12-13H2,1-2H3. The average Bonchev–Trinajstić information content (AvgIpc) is 3.19. The Bertz CT molecular complexity index is 1260. The van der Waals surface area contributed by atoms with Crippen molar-refractivity contribution in [1.82, 2.24) is 30.1 Å². The highest BCUT2D eigenvalue weighted by Crippen LogP contribution is 2.23. The monoisotopic (exact) mass is 398 g/mol. The first kappa shape index (κ1) is 18.6. The first-order valence-corrected chi connectivity index (χ1v) is 10.0. The molecule has 0 aliphatic carbocycles. The van der Waals surface area contributed by atoms with Crippen LogP contribution in [0.5, 0.6) is 0 Å². The summed E-state index contributed by atoms with van der Waals surface area (Å²) in [7, 11) is 3.96. The molecule has 3 heterocycles. The van der Waals surface area contributed by atoms with E-state index < -0.39 is 0 Å². The van der Waals surface area contributed by atoms with Gasteiger partial charge in [-0.1, -0.05) is 23.4 Å². The largest absolute Gasteiger partial charge is 0.302 e. The minimum Gasteiger partial charge on any atom is -0.302 e. The number of aryl methyl sites for hydroxylation is 1. The van der Waals surface area contributed by atoms with Crippen LogP contribution in [0.4, 0.5) is 0 Å². The predicted molar refractivity (Wildman–Crippen MR) is 114 cm³/mol. The Morgan fingerprint density at radius 1 is 1.00 bits per heavy atom. The molecule has 30 heavy (non-hydrogen) atoms. The topological polar surface area (TPSA) is 76.8 Å². The van der Waals surface area contributed by atoms with Gasteiger partial charge in [0.2, 0.25) is 0 Å². The van der Waals surface area contributed by atoms with Crippen LogP contribution >= 0.6 is 0 Å². The number of nitrogens with zero attached hydrogens (tertiary/aromatic N) is 6. The van der Waals surface area contributed by atoms with Crippen molar-refractivity contribution in [3.8, 4) is 11.3 Å². The average molecular weight is 398 g/mol. The molecule has 0 unspecified atom stereocenters. The van der Waals surface area contributed by atoms with E-state index >= 15 is 0 Å². The number of hydrogen-bond acceptors (Lipinski definition) is 6. The van der Waals surface area contributed by atoms with Crippen molar-refractivity contribution >= 4 is 16.7 Å². The van der Waals surface area contributed by atoms with Crippen LogP contribution in [0.25, 0.3) is 22.2 Å². The van der Waals surface area contributed by atoms with Gasteiger partial charge in [-0.3, -0.25) is 9.48 Å². The van der Waals surface area contributed by atoms with Crippen molar-refractivity contribution in [2.24, 2.45) is 7.05 Å². The van der Waals surface area contributed by atoms with Crippen molar-refractivity contribution in [2.75, 3.05) is 13.6 Å². The number of Topliss-reactive ketones (excluding diaryl/α,β-unsaturated/α-hetero) is 1. The maximum atomic E-state index is 12.9. The highest BCUT2D eigenvalue weighted by Gasteiger charge is 2.16. The first-order valence-electron chi connectivity index (χ1n) is 10.0. The van der Waals surface area contributed by atoms with Crippen LogP contribution in [0.1, 0.15) is 27.2 Å². The number of carbonyl (C=O) groups excluding carboxylic acids is 1. The van der Waals surface area contributed by atoms with Crippen molar-refractivity contribution < 1.29 is 4.79 Å². The van der Waals surface area contributed by atoms with Gasteiger partial charge in [-0.25, -0.2) is 0 Å². The molecule has 0 saturated carbocycles. The Kier molecular flexibility index (Phi) is 4.59. The number of likely N-dealkylation sites (N-methyl/N-ethyl adjacent to an activating group) is 1. The molecule has 0 bridgehead atoms. The Hall–Kier alpha value is -3.45. The van der Waals surface area contributed by atoms with Crippen LogP contribution in [-0.2, 0) is 26.4 Å². The van der Waals surface area contributed by atoms with Gasteiger partial charge in [0.25, 0.3) is 0 Å². The van der Waals surface area contributed by atoms with Crippen molar-refractivity contribution in [2.45, 2.75) is 19.4 Å². The molecule has 4 aromatic rings. The smallest absolute Gasteiger partial charge is 0.168 e. The first-order chi connectivity index (χ1) is 14.5. The van der Waals surface area contributed by atoms with Gasteiger partial charge < -0.3 is 4.90 Å².